The van der Waals surface area contributed by atoms with Gasteiger partial charge >= 0.3 is 51.4 Å². The van der Waals surface area contributed by atoms with Crippen molar-refractivity contribution in [2.24, 2.45) is 5.92 Å². The van der Waals surface area contributed by atoms with E-state index in [9.17, 15) is 13.0 Å². The number of hydrogen-bond acceptors (Lipinski definition) is 4. The Morgan fingerprint density at radius 1 is 0.629 bits per heavy atom. The molecule has 0 spiro atoms. The van der Waals surface area contributed by atoms with Crippen LogP contribution in [0, 0.1) is 5.92 Å². The van der Waals surface area contributed by atoms with E-state index in [1.54, 1.807) is 0 Å². The van der Waals surface area contributed by atoms with Gasteiger partial charge in [0.15, 0.2) is 0 Å². The first-order valence-corrected chi connectivity index (χ1v) is 16.1. The van der Waals surface area contributed by atoms with Gasteiger partial charge in [0.2, 0.25) is 10.4 Å². The van der Waals surface area contributed by atoms with Gasteiger partial charge in [-0.2, -0.15) is 0 Å². The van der Waals surface area contributed by atoms with Crippen LogP contribution in [0.5, 0.6) is 0 Å². The van der Waals surface area contributed by atoms with Crippen LogP contribution in [0.1, 0.15) is 162 Å². The minimum atomic E-state index is -4.61. The van der Waals surface area contributed by atoms with Gasteiger partial charge in [-0.3, -0.25) is 4.18 Å². The molecule has 0 aromatic rings. The molecule has 0 aromatic carbocycles. The average molecular weight is 541 g/mol. The second kappa shape index (κ2) is 29.8. The monoisotopic (exact) mass is 540 g/mol. The van der Waals surface area contributed by atoms with Gasteiger partial charge in [-0.05, 0) is 19.3 Å². The molecule has 1 unspecified atom stereocenters. The first-order chi connectivity index (χ1) is 16.5. The maximum atomic E-state index is 10.9. The zero-order valence-electron chi connectivity index (χ0n) is 23.7. The van der Waals surface area contributed by atoms with Crippen molar-refractivity contribution in [3.63, 3.8) is 0 Å². The van der Waals surface area contributed by atoms with Crippen molar-refractivity contribution in [3.05, 3.63) is 12.2 Å². The molecule has 0 aliphatic heterocycles. The number of allylic oxidation sites excluding steroid dienone is 1. The quantitative estimate of drug-likeness (QED) is 0.0384. The second-order valence-corrected chi connectivity index (χ2v) is 11.2. The summed E-state index contributed by atoms with van der Waals surface area (Å²) < 4.78 is 37.2. The van der Waals surface area contributed by atoms with E-state index >= 15 is 0 Å². The molecule has 0 aromatic heterocycles. The molecule has 0 saturated carbocycles. The molecule has 35 heavy (non-hydrogen) atoms. The maximum Gasteiger partial charge on any atom is 1.00 e. The van der Waals surface area contributed by atoms with E-state index in [4.69, 9.17) is 0 Å². The summed E-state index contributed by atoms with van der Waals surface area (Å²) in [5.41, 5.74) is 0. The number of hydrogen-bond donors (Lipinski definition) is 0. The minimum Gasteiger partial charge on any atom is -0.726 e. The largest absolute Gasteiger partial charge is 1.00 e. The molecule has 0 heterocycles. The minimum absolute atomic E-state index is 0. The van der Waals surface area contributed by atoms with Crippen LogP contribution in [0.15, 0.2) is 12.2 Å². The summed E-state index contributed by atoms with van der Waals surface area (Å²) >= 11 is 0. The van der Waals surface area contributed by atoms with Crippen LogP contribution in [-0.4, -0.2) is 19.6 Å². The molecular weight excluding hydrogens is 483 g/mol. The molecule has 6 heteroatoms. The van der Waals surface area contributed by atoms with Gasteiger partial charge in [-0.1, -0.05) is 154 Å². The molecule has 4 nitrogen and oxygen atoms in total. The predicted molar refractivity (Wildman–Crippen MR) is 146 cm³/mol. The van der Waals surface area contributed by atoms with Gasteiger partial charge in [0.25, 0.3) is 0 Å². The maximum absolute atomic E-state index is 10.9. The Morgan fingerprint density at radius 2 is 1.00 bits per heavy atom. The summed E-state index contributed by atoms with van der Waals surface area (Å²) in [7, 11) is -4.61. The van der Waals surface area contributed by atoms with E-state index in [1.165, 1.54) is 128 Å². The molecule has 0 N–H and O–H groups in total. The molecule has 1 atom stereocenters. The van der Waals surface area contributed by atoms with E-state index in [1.807, 2.05) is 0 Å². The molecule has 0 amide bonds. The Bertz CT molecular complexity index is 537. The van der Waals surface area contributed by atoms with Crippen molar-refractivity contribution in [2.75, 3.05) is 6.61 Å². The van der Waals surface area contributed by atoms with Gasteiger partial charge < -0.3 is 4.55 Å². The first-order valence-electron chi connectivity index (χ1n) is 14.8. The van der Waals surface area contributed by atoms with Gasteiger partial charge in [0.05, 0.1) is 6.61 Å². The summed E-state index contributed by atoms with van der Waals surface area (Å²) in [6, 6.07) is 0. The fourth-order valence-corrected chi connectivity index (χ4v) is 4.86. The zero-order chi connectivity index (χ0) is 25.2. The van der Waals surface area contributed by atoms with Crippen molar-refractivity contribution in [3.8, 4) is 0 Å². The van der Waals surface area contributed by atoms with Crippen LogP contribution >= 0.6 is 0 Å². The van der Waals surface area contributed by atoms with Crippen molar-refractivity contribution in [2.45, 2.75) is 162 Å². The normalized spacial score (nSPS) is 12.8. The first kappa shape index (κ1) is 38.4. The van der Waals surface area contributed by atoms with Crippen LogP contribution in [0.3, 0.4) is 0 Å². The van der Waals surface area contributed by atoms with Gasteiger partial charge in [0.1, 0.15) is 0 Å². The third-order valence-corrected chi connectivity index (χ3v) is 7.16. The third kappa shape index (κ3) is 33.2. The van der Waals surface area contributed by atoms with Crippen molar-refractivity contribution in [1.82, 2.24) is 0 Å². The van der Waals surface area contributed by atoms with Crippen molar-refractivity contribution >= 4 is 10.4 Å². The SMILES string of the molecule is CCCCCCCCCCCC/C=C/C(CCCCCCCCCCCCC)COS(=O)(=O)[O-].[K+]. The average Bonchev–Trinajstić information content (AvgIpc) is 2.80. The third-order valence-electron chi connectivity index (χ3n) is 6.74. The van der Waals surface area contributed by atoms with E-state index in [0.29, 0.717) is 0 Å². The van der Waals surface area contributed by atoms with Gasteiger partial charge in [-0.15, -0.1) is 0 Å². The fourth-order valence-electron chi connectivity index (χ4n) is 4.51. The van der Waals surface area contributed by atoms with E-state index in [-0.39, 0.29) is 63.9 Å². The van der Waals surface area contributed by atoms with Crippen LogP contribution in [0.25, 0.3) is 0 Å². The topological polar surface area (TPSA) is 66.4 Å². The number of rotatable bonds is 27. The Kier molecular flexibility index (Phi) is 32.7. The fraction of sp³-hybridized carbons (Fsp3) is 0.931. The summed E-state index contributed by atoms with van der Waals surface area (Å²) in [5.74, 6) is 0.0189. The standard InChI is InChI=1S/C29H58O4S.K/c1-3-5-7-9-11-13-15-17-19-21-23-25-27-29(28-33-34(30,31)32)26-24-22-20-18-16-14-12-10-8-6-4-2;/h25,27,29H,3-24,26,28H2,1-2H3,(H,30,31,32);/q;+1/p-1/b27-25+;. The van der Waals surface area contributed by atoms with Crippen molar-refractivity contribution in [1.29, 1.82) is 0 Å². The Morgan fingerprint density at radius 3 is 1.40 bits per heavy atom. The Hall–Kier alpha value is 1.25. The molecule has 0 fully saturated rings. The predicted octanol–water partition coefficient (Wildman–Crippen LogP) is 6.65. The Balaban J connectivity index is 0. The second-order valence-electron chi connectivity index (χ2n) is 10.2. The Labute approximate surface area is 262 Å². The summed E-state index contributed by atoms with van der Waals surface area (Å²) in [5, 5.41) is 0. The summed E-state index contributed by atoms with van der Waals surface area (Å²) in [6.07, 6.45) is 33.7. The zero-order valence-corrected chi connectivity index (χ0v) is 27.7. The smallest absolute Gasteiger partial charge is 0.726 e. The molecule has 0 aliphatic rings. The van der Waals surface area contributed by atoms with Crippen molar-refractivity contribution < 1.29 is 68.5 Å². The molecule has 0 radical (unpaired) electrons. The summed E-state index contributed by atoms with van der Waals surface area (Å²) in [4.78, 5) is 0. The molecule has 0 rings (SSSR count). The van der Waals surface area contributed by atoms with Gasteiger partial charge in [0, 0.05) is 5.92 Å². The molecule has 0 aliphatic carbocycles. The van der Waals surface area contributed by atoms with E-state index < -0.39 is 10.4 Å². The van der Waals surface area contributed by atoms with Crippen LogP contribution < -0.4 is 51.4 Å². The van der Waals surface area contributed by atoms with Crippen LogP contribution in [-0.2, 0) is 14.6 Å². The number of unbranched alkanes of at least 4 members (excludes halogenated alkanes) is 20. The summed E-state index contributed by atoms with van der Waals surface area (Å²) in [6.45, 7) is 4.50. The molecule has 0 bridgehead atoms. The molecular formula is C29H57KO4S. The van der Waals surface area contributed by atoms with E-state index in [2.05, 4.69) is 30.2 Å². The van der Waals surface area contributed by atoms with Crippen LogP contribution in [0.2, 0.25) is 0 Å². The van der Waals surface area contributed by atoms with Gasteiger partial charge in [-0.25, -0.2) is 8.42 Å². The molecule has 204 valence electrons. The van der Waals surface area contributed by atoms with Crippen LogP contribution in [0.4, 0.5) is 0 Å². The molecule has 0 saturated heterocycles. The van der Waals surface area contributed by atoms with E-state index in [0.717, 1.165) is 19.3 Å².